The first kappa shape index (κ1) is 12.2. The van der Waals surface area contributed by atoms with Gasteiger partial charge in [-0.05, 0) is 30.7 Å². The highest BCUT2D eigenvalue weighted by molar-refractivity contribution is 5.70. The largest absolute Gasteiger partial charge is 0.497 e. The molecule has 2 rings (SSSR count). The molecule has 0 spiro atoms. The number of hydrogen-bond acceptors (Lipinski definition) is 4. The van der Waals surface area contributed by atoms with Crippen molar-refractivity contribution in [3.63, 3.8) is 0 Å². The van der Waals surface area contributed by atoms with E-state index in [0.29, 0.717) is 5.69 Å². The number of nitrogens with two attached hydrogens (primary N) is 1. The molecular formula is C14H16N2O2. The Labute approximate surface area is 106 Å². The smallest absolute Gasteiger partial charge is 0.123 e. The number of methoxy groups -OCH3 is 2. The topological polar surface area (TPSA) is 57.4 Å². The summed E-state index contributed by atoms with van der Waals surface area (Å²) in [5.41, 5.74) is 9.28. The van der Waals surface area contributed by atoms with Gasteiger partial charge in [-0.2, -0.15) is 0 Å². The number of nitrogen functional groups attached to an aromatic ring is 1. The standard InChI is InChI=1S/C14H16N2O2/c1-9-14(15)6-11(8-16-9)10-4-12(17-2)7-13(5-10)18-3/h4-8H,15H2,1-3H3. The third-order valence-electron chi connectivity index (χ3n) is 2.81. The SMILES string of the molecule is COc1cc(OC)cc(-c2cnc(C)c(N)c2)c1. The summed E-state index contributed by atoms with van der Waals surface area (Å²) in [6, 6.07) is 7.58. The Bertz CT molecular complexity index is 545. The Balaban J connectivity index is 2.51. The van der Waals surface area contributed by atoms with Crippen LogP contribution in [0.3, 0.4) is 0 Å². The summed E-state index contributed by atoms with van der Waals surface area (Å²) in [4.78, 5) is 4.26. The van der Waals surface area contributed by atoms with Crippen LogP contribution in [0, 0.1) is 6.92 Å². The van der Waals surface area contributed by atoms with Crippen molar-refractivity contribution in [1.29, 1.82) is 0 Å². The molecule has 0 fully saturated rings. The van der Waals surface area contributed by atoms with Gasteiger partial charge in [0.2, 0.25) is 0 Å². The molecule has 0 aliphatic heterocycles. The van der Waals surface area contributed by atoms with Crippen molar-refractivity contribution in [3.05, 3.63) is 36.2 Å². The Morgan fingerprint density at radius 1 is 0.944 bits per heavy atom. The van der Waals surface area contributed by atoms with Crippen LogP contribution in [0.1, 0.15) is 5.69 Å². The minimum absolute atomic E-state index is 0.675. The predicted octanol–water partition coefficient (Wildman–Crippen LogP) is 2.66. The zero-order chi connectivity index (χ0) is 13.1. The van der Waals surface area contributed by atoms with Crippen molar-refractivity contribution >= 4 is 5.69 Å². The molecule has 1 aromatic carbocycles. The van der Waals surface area contributed by atoms with Crippen LogP contribution in [0.2, 0.25) is 0 Å². The van der Waals surface area contributed by atoms with E-state index in [1.165, 1.54) is 0 Å². The number of anilines is 1. The molecule has 0 saturated heterocycles. The summed E-state index contributed by atoms with van der Waals surface area (Å²) < 4.78 is 10.5. The molecule has 2 aromatic rings. The molecule has 2 N–H and O–H groups in total. The van der Waals surface area contributed by atoms with Crippen molar-refractivity contribution in [2.75, 3.05) is 20.0 Å². The lowest BCUT2D eigenvalue weighted by Gasteiger charge is -2.09. The van der Waals surface area contributed by atoms with Crippen LogP contribution < -0.4 is 15.2 Å². The van der Waals surface area contributed by atoms with E-state index in [1.807, 2.05) is 31.2 Å². The van der Waals surface area contributed by atoms with Crippen LogP contribution >= 0.6 is 0 Å². The third kappa shape index (κ3) is 2.37. The van der Waals surface area contributed by atoms with Gasteiger partial charge in [0.05, 0.1) is 25.6 Å². The molecule has 0 aliphatic carbocycles. The summed E-state index contributed by atoms with van der Waals surface area (Å²) >= 11 is 0. The first-order chi connectivity index (χ1) is 8.63. The fourth-order valence-corrected chi connectivity index (χ4v) is 1.68. The molecule has 0 amide bonds. The summed E-state index contributed by atoms with van der Waals surface area (Å²) in [5.74, 6) is 1.48. The molecule has 0 unspecified atom stereocenters. The molecule has 1 heterocycles. The highest BCUT2D eigenvalue weighted by Gasteiger charge is 2.06. The lowest BCUT2D eigenvalue weighted by Crippen LogP contribution is -1.94. The van der Waals surface area contributed by atoms with E-state index in [1.54, 1.807) is 20.4 Å². The van der Waals surface area contributed by atoms with Crippen LogP contribution in [0.5, 0.6) is 11.5 Å². The van der Waals surface area contributed by atoms with E-state index in [4.69, 9.17) is 15.2 Å². The minimum Gasteiger partial charge on any atom is -0.497 e. The maximum atomic E-state index is 5.87. The fraction of sp³-hybridized carbons (Fsp3) is 0.214. The first-order valence-electron chi connectivity index (χ1n) is 5.59. The predicted molar refractivity (Wildman–Crippen MR) is 71.9 cm³/mol. The number of hydrogen-bond donors (Lipinski definition) is 1. The van der Waals surface area contributed by atoms with E-state index >= 15 is 0 Å². The Morgan fingerprint density at radius 2 is 1.56 bits per heavy atom. The average Bonchev–Trinajstić information content (AvgIpc) is 2.41. The summed E-state index contributed by atoms with van der Waals surface area (Å²) in [7, 11) is 3.25. The van der Waals surface area contributed by atoms with E-state index < -0.39 is 0 Å². The van der Waals surface area contributed by atoms with Crippen LogP contribution in [-0.2, 0) is 0 Å². The number of rotatable bonds is 3. The van der Waals surface area contributed by atoms with Gasteiger partial charge in [0, 0.05) is 17.8 Å². The van der Waals surface area contributed by atoms with Crippen molar-refractivity contribution in [1.82, 2.24) is 4.98 Å². The van der Waals surface area contributed by atoms with E-state index in [0.717, 1.165) is 28.3 Å². The van der Waals surface area contributed by atoms with Gasteiger partial charge in [0.1, 0.15) is 11.5 Å². The molecule has 18 heavy (non-hydrogen) atoms. The van der Waals surface area contributed by atoms with Crippen molar-refractivity contribution < 1.29 is 9.47 Å². The first-order valence-corrected chi connectivity index (χ1v) is 5.59. The maximum Gasteiger partial charge on any atom is 0.123 e. The van der Waals surface area contributed by atoms with Gasteiger partial charge in [-0.3, -0.25) is 4.98 Å². The zero-order valence-corrected chi connectivity index (χ0v) is 10.7. The molecule has 0 radical (unpaired) electrons. The number of aromatic nitrogens is 1. The Hall–Kier alpha value is -2.23. The third-order valence-corrected chi connectivity index (χ3v) is 2.81. The molecule has 1 aromatic heterocycles. The average molecular weight is 244 g/mol. The van der Waals surface area contributed by atoms with Gasteiger partial charge >= 0.3 is 0 Å². The molecule has 0 saturated carbocycles. The summed E-state index contributed by atoms with van der Waals surface area (Å²) in [6.45, 7) is 1.88. The normalized spacial score (nSPS) is 10.2. The Morgan fingerprint density at radius 3 is 2.06 bits per heavy atom. The molecule has 0 bridgehead atoms. The quantitative estimate of drug-likeness (QED) is 0.901. The van der Waals surface area contributed by atoms with Crippen LogP contribution in [0.15, 0.2) is 30.5 Å². The van der Waals surface area contributed by atoms with E-state index in [-0.39, 0.29) is 0 Å². The number of pyridine rings is 1. The molecule has 0 atom stereocenters. The van der Waals surface area contributed by atoms with Gasteiger partial charge in [-0.25, -0.2) is 0 Å². The monoisotopic (exact) mass is 244 g/mol. The number of aryl methyl sites for hydroxylation is 1. The van der Waals surface area contributed by atoms with E-state index in [9.17, 15) is 0 Å². The van der Waals surface area contributed by atoms with Crippen molar-refractivity contribution in [3.8, 4) is 22.6 Å². The van der Waals surface area contributed by atoms with Crippen LogP contribution in [-0.4, -0.2) is 19.2 Å². The van der Waals surface area contributed by atoms with Crippen LogP contribution in [0.4, 0.5) is 5.69 Å². The summed E-state index contributed by atoms with van der Waals surface area (Å²) in [6.07, 6.45) is 1.79. The van der Waals surface area contributed by atoms with Gasteiger partial charge in [0.25, 0.3) is 0 Å². The molecule has 4 heteroatoms. The second kappa shape index (κ2) is 4.96. The van der Waals surface area contributed by atoms with Gasteiger partial charge < -0.3 is 15.2 Å². The lowest BCUT2D eigenvalue weighted by atomic mass is 10.1. The van der Waals surface area contributed by atoms with Crippen LogP contribution in [0.25, 0.3) is 11.1 Å². The van der Waals surface area contributed by atoms with E-state index in [2.05, 4.69) is 4.98 Å². The molecule has 94 valence electrons. The number of nitrogens with zero attached hydrogens (tertiary/aromatic N) is 1. The Kier molecular flexibility index (Phi) is 3.37. The highest BCUT2D eigenvalue weighted by Crippen LogP contribution is 2.30. The maximum absolute atomic E-state index is 5.87. The second-order valence-electron chi connectivity index (χ2n) is 4.00. The fourth-order valence-electron chi connectivity index (χ4n) is 1.68. The van der Waals surface area contributed by atoms with Gasteiger partial charge in [0.15, 0.2) is 0 Å². The number of benzene rings is 1. The molecular weight excluding hydrogens is 228 g/mol. The second-order valence-corrected chi connectivity index (χ2v) is 4.00. The summed E-state index contributed by atoms with van der Waals surface area (Å²) in [5, 5.41) is 0. The van der Waals surface area contributed by atoms with Gasteiger partial charge in [-0.1, -0.05) is 0 Å². The minimum atomic E-state index is 0.675. The molecule has 0 aliphatic rings. The van der Waals surface area contributed by atoms with Crippen molar-refractivity contribution in [2.24, 2.45) is 0 Å². The molecule has 4 nitrogen and oxygen atoms in total. The van der Waals surface area contributed by atoms with Gasteiger partial charge in [-0.15, -0.1) is 0 Å². The van der Waals surface area contributed by atoms with Crippen molar-refractivity contribution in [2.45, 2.75) is 6.92 Å². The lowest BCUT2D eigenvalue weighted by molar-refractivity contribution is 0.394. The number of ether oxygens (including phenoxy) is 2. The zero-order valence-electron chi connectivity index (χ0n) is 10.7. The highest BCUT2D eigenvalue weighted by atomic mass is 16.5.